The van der Waals surface area contributed by atoms with Crippen molar-refractivity contribution >= 4 is 11.3 Å². The molecule has 1 saturated carbocycles. The van der Waals surface area contributed by atoms with E-state index in [9.17, 15) is 0 Å². The number of rotatable bonds is 6. The Kier molecular flexibility index (Phi) is 4.20. The fraction of sp³-hybridized carbons (Fsp3) is 0.800. The molecular weight excluding hydrogens is 256 g/mol. The number of nitrogens with one attached hydrogen (secondary N) is 1. The summed E-state index contributed by atoms with van der Waals surface area (Å²) < 4.78 is 5.73. The van der Waals surface area contributed by atoms with Gasteiger partial charge in [-0.2, -0.15) is 0 Å². The van der Waals surface area contributed by atoms with E-state index < -0.39 is 0 Å². The lowest BCUT2D eigenvalue weighted by Gasteiger charge is -2.07. The maximum atomic E-state index is 5.73. The molecule has 1 N–H and O–H groups in total. The molecule has 1 atom stereocenters. The number of nitrogens with zero attached hydrogens (tertiary/aromatic N) is 1. The van der Waals surface area contributed by atoms with Crippen LogP contribution in [0.1, 0.15) is 61.0 Å². The minimum absolute atomic E-state index is 0.420. The third-order valence-electron chi connectivity index (χ3n) is 3.83. The van der Waals surface area contributed by atoms with Crippen LogP contribution in [0.2, 0.25) is 0 Å². The Labute approximate surface area is 119 Å². The lowest BCUT2D eigenvalue weighted by atomic mass is 10.2. The van der Waals surface area contributed by atoms with Crippen molar-refractivity contribution in [1.82, 2.24) is 10.3 Å². The van der Waals surface area contributed by atoms with E-state index in [-0.39, 0.29) is 0 Å². The molecule has 1 saturated heterocycles. The molecule has 1 aromatic heterocycles. The molecule has 0 radical (unpaired) electrons. The van der Waals surface area contributed by atoms with Gasteiger partial charge in [0.15, 0.2) is 0 Å². The molecule has 106 valence electrons. The molecule has 2 heterocycles. The SMILES string of the molecule is CC(C)NCc1sc(CC2CCCO2)nc1C1CC1. The molecule has 2 aliphatic rings. The summed E-state index contributed by atoms with van der Waals surface area (Å²) in [6.45, 7) is 6.32. The van der Waals surface area contributed by atoms with Gasteiger partial charge in [0, 0.05) is 36.4 Å². The largest absolute Gasteiger partial charge is 0.378 e. The molecule has 1 aliphatic heterocycles. The normalized spacial score (nSPS) is 23.4. The number of aromatic nitrogens is 1. The van der Waals surface area contributed by atoms with E-state index in [1.54, 1.807) is 0 Å². The first kappa shape index (κ1) is 13.5. The van der Waals surface area contributed by atoms with E-state index in [4.69, 9.17) is 9.72 Å². The molecule has 0 amide bonds. The van der Waals surface area contributed by atoms with Gasteiger partial charge in [-0.05, 0) is 25.7 Å². The molecule has 1 aliphatic carbocycles. The van der Waals surface area contributed by atoms with Crippen LogP contribution in [0.15, 0.2) is 0 Å². The van der Waals surface area contributed by atoms with E-state index >= 15 is 0 Å². The summed E-state index contributed by atoms with van der Waals surface area (Å²) in [7, 11) is 0. The average Bonchev–Trinajstić information content (AvgIpc) is 2.94. The van der Waals surface area contributed by atoms with Crippen LogP contribution >= 0.6 is 11.3 Å². The first-order chi connectivity index (χ1) is 9.22. The second-order valence-corrected chi connectivity index (χ2v) is 7.23. The van der Waals surface area contributed by atoms with Gasteiger partial charge in [-0.15, -0.1) is 11.3 Å². The zero-order chi connectivity index (χ0) is 13.2. The minimum atomic E-state index is 0.420. The second kappa shape index (κ2) is 5.90. The van der Waals surface area contributed by atoms with Gasteiger partial charge >= 0.3 is 0 Å². The maximum Gasteiger partial charge on any atom is 0.0957 e. The molecule has 2 fully saturated rings. The van der Waals surface area contributed by atoms with Gasteiger partial charge in [-0.1, -0.05) is 13.8 Å². The van der Waals surface area contributed by atoms with Crippen LogP contribution in [0.25, 0.3) is 0 Å². The fourth-order valence-corrected chi connectivity index (χ4v) is 3.77. The van der Waals surface area contributed by atoms with Crippen molar-refractivity contribution in [3.63, 3.8) is 0 Å². The summed E-state index contributed by atoms with van der Waals surface area (Å²) in [5.74, 6) is 0.749. The van der Waals surface area contributed by atoms with Gasteiger partial charge in [0.1, 0.15) is 0 Å². The van der Waals surface area contributed by atoms with Gasteiger partial charge < -0.3 is 10.1 Å². The predicted molar refractivity (Wildman–Crippen MR) is 78.7 cm³/mol. The van der Waals surface area contributed by atoms with Crippen molar-refractivity contribution in [3.8, 4) is 0 Å². The van der Waals surface area contributed by atoms with E-state index in [2.05, 4.69) is 19.2 Å². The van der Waals surface area contributed by atoms with Crippen molar-refractivity contribution in [3.05, 3.63) is 15.6 Å². The van der Waals surface area contributed by atoms with Crippen LogP contribution in [0, 0.1) is 0 Å². The summed E-state index contributed by atoms with van der Waals surface area (Å²) in [5, 5.41) is 4.82. The quantitative estimate of drug-likeness (QED) is 0.868. The second-order valence-electron chi connectivity index (χ2n) is 6.07. The first-order valence-electron chi connectivity index (χ1n) is 7.56. The van der Waals surface area contributed by atoms with Crippen LogP contribution < -0.4 is 5.32 Å². The highest BCUT2D eigenvalue weighted by Crippen LogP contribution is 2.43. The highest BCUT2D eigenvalue weighted by atomic mass is 32.1. The zero-order valence-electron chi connectivity index (χ0n) is 11.9. The zero-order valence-corrected chi connectivity index (χ0v) is 12.8. The molecule has 0 bridgehead atoms. The molecule has 4 heteroatoms. The van der Waals surface area contributed by atoms with Gasteiger partial charge in [-0.3, -0.25) is 0 Å². The standard InChI is InChI=1S/C15H24N2OS/c1-10(2)16-9-13-15(11-5-6-11)17-14(19-13)8-12-4-3-7-18-12/h10-12,16H,3-9H2,1-2H3. The van der Waals surface area contributed by atoms with E-state index in [0.717, 1.165) is 25.5 Å². The Bertz CT molecular complexity index is 420. The third-order valence-corrected chi connectivity index (χ3v) is 4.93. The number of hydrogen-bond donors (Lipinski definition) is 1. The molecule has 3 rings (SSSR count). The molecule has 1 aromatic rings. The first-order valence-corrected chi connectivity index (χ1v) is 8.37. The van der Waals surface area contributed by atoms with Crippen LogP contribution in [-0.2, 0) is 17.7 Å². The van der Waals surface area contributed by atoms with E-state index in [1.165, 1.54) is 41.3 Å². The molecule has 3 nitrogen and oxygen atoms in total. The Morgan fingerprint density at radius 3 is 2.84 bits per heavy atom. The lowest BCUT2D eigenvalue weighted by Crippen LogP contribution is -2.21. The number of ether oxygens (including phenoxy) is 1. The Morgan fingerprint density at radius 2 is 2.21 bits per heavy atom. The van der Waals surface area contributed by atoms with Gasteiger partial charge in [0.25, 0.3) is 0 Å². The Balaban J connectivity index is 1.68. The van der Waals surface area contributed by atoms with Crippen LogP contribution in [-0.4, -0.2) is 23.7 Å². The summed E-state index contributed by atoms with van der Waals surface area (Å²) in [4.78, 5) is 6.37. The average molecular weight is 280 g/mol. The minimum Gasteiger partial charge on any atom is -0.378 e. The lowest BCUT2D eigenvalue weighted by molar-refractivity contribution is 0.111. The number of hydrogen-bond acceptors (Lipinski definition) is 4. The van der Waals surface area contributed by atoms with Crippen molar-refractivity contribution in [2.24, 2.45) is 0 Å². The molecule has 0 spiro atoms. The van der Waals surface area contributed by atoms with Gasteiger partial charge in [0.2, 0.25) is 0 Å². The van der Waals surface area contributed by atoms with Crippen molar-refractivity contribution in [1.29, 1.82) is 0 Å². The van der Waals surface area contributed by atoms with Crippen LogP contribution in [0.4, 0.5) is 0 Å². The third kappa shape index (κ3) is 3.56. The van der Waals surface area contributed by atoms with Crippen LogP contribution in [0.5, 0.6) is 0 Å². The summed E-state index contributed by atoms with van der Waals surface area (Å²) in [6.07, 6.45) is 6.52. The summed E-state index contributed by atoms with van der Waals surface area (Å²) >= 11 is 1.90. The fourth-order valence-electron chi connectivity index (χ4n) is 2.60. The van der Waals surface area contributed by atoms with Crippen molar-refractivity contribution in [2.45, 2.75) is 70.6 Å². The molecular formula is C15H24N2OS. The summed E-state index contributed by atoms with van der Waals surface area (Å²) in [5.41, 5.74) is 1.38. The van der Waals surface area contributed by atoms with Gasteiger partial charge in [-0.25, -0.2) is 4.98 Å². The van der Waals surface area contributed by atoms with Gasteiger partial charge in [0.05, 0.1) is 16.8 Å². The van der Waals surface area contributed by atoms with E-state index in [1.807, 2.05) is 11.3 Å². The highest BCUT2D eigenvalue weighted by molar-refractivity contribution is 7.11. The van der Waals surface area contributed by atoms with Crippen LogP contribution in [0.3, 0.4) is 0 Å². The van der Waals surface area contributed by atoms with E-state index in [0.29, 0.717) is 12.1 Å². The molecule has 0 aromatic carbocycles. The maximum absolute atomic E-state index is 5.73. The Morgan fingerprint density at radius 1 is 1.37 bits per heavy atom. The number of thiazole rings is 1. The highest BCUT2D eigenvalue weighted by Gasteiger charge is 2.30. The smallest absolute Gasteiger partial charge is 0.0957 e. The monoisotopic (exact) mass is 280 g/mol. The topological polar surface area (TPSA) is 34.1 Å². The van der Waals surface area contributed by atoms with Crippen molar-refractivity contribution < 1.29 is 4.74 Å². The molecule has 19 heavy (non-hydrogen) atoms. The summed E-state index contributed by atoms with van der Waals surface area (Å²) in [6, 6.07) is 0.538. The van der Waals surface area contributed by atoms with Crippen molar-refractivity contribution in [2.75, 3.05) is 6.61 Å². The predicted octanol–water partition coefficient (Wildman–Crippen LogP) is 3.24. The Hall–Kier alpha value is -0.450. The molecule has 1 unspecified atom stereocenters.